The molecule has 1 aliphatic rings. The van der Waals surface area contributed by atoms with Crippen LogP contribution in [0.1, 0.15) is 0 Å². The van der Waals surface area contributed by atoms with Crippen LogP contribution in [0.2, 0.25) is 5.02 Å². The SMILES string of the molecule is COC(=O)C1=C(Nc2ccc([N+](=O)[O-])c(Cl)c2)C(=O)N(CCO)C1. The van der Waals surface area contributed by atoms with Gasteiger partial charge in [-0.2, -0.15) is 0 Å². The summed E-state index contributed by atoms with van der Waals surface area (Å²) in [6.07, 6.45) is 0. The first-order chi connectivity index (χ1) is 11.4. The quantitative estimate of drug-likeness (QED) is 0.442. The maximum Gasteiger partial charge on any atom is 0.337 e. The number of nitrogens with one attached hydrogen (secondary N) is 1. The van der Waals surface area contributed by atoms with Gasteiger partial charge in [-0.25, -0.2) is 4.79 Å². The van der Waals surface area contributed by atoms with Gasteiger partial charge in [0.2, 0.25) is 0 Å². The van der Waals surface area contributed by atoms with Gasteiger partial charge in [0.25, 0.3) is 11.6 Å². The first-order valence-electron chi connectivity index (χ1n) is 6.81. The Bertz CT molecular complexity index is 733. The number of β-amino-alcohol motifs (C(OH)–C–C–N with tert-alkyl or cyclic N) is 1. The first kappa shape index (κ1) is 17.7. The van der Waals surface area contributed by atoms with E-state index in [1.54, 1.807) is 0 Å². The number of esters is 1. The molecule has 1 heterocycles. The molecule has 24 heavy (non-hydrogen) atoms. The van der Waals surface area contributed by atoms with Crippen molar-refractivity contribution in [2.24, 2.45) is 0 Å². The molecule has 0 spiro atoms. The van der Waals surface area contributed by atoms with Crippen LogP contribution in [0.25, 0.3) is 0 Å². The topological polar surface area (TPSA) is 122 Å². The van der Waals surface area contributed by atoms with Crippen LogP contribution < -0.4 is 5.32 Å². The van der Waals surface area contributed by atoms with Crippen LogP contribution in [0.5, 0.6) is 0 Å². The number of ether oxygens (including phenoxy) is 1. The van der Waals surface area contributed by atoms with Gasteiger partial charge in [0.15, 0.2) is 0 Å². The van der Waals surface area contributed by atoms with Crippen molar-refractivity contribution in [3.8, 4) is 0 Å². The third-order valence-electron chi connectivity index (χ3n) is 3.37. The number of carbonyl (C=O) groups is 2. The van der Waals surface area contributed by atoms with E-state index in [1.165, 1.54) is 30.2 Å². The number of halogens is 1. The lowest BCUT2D eigenvalue weighted by Gasteiger charge is -2.15. The third kappa shape index (κ3) is 3.47. The molecule has 0 aromatic heterocycles. The predicted molar refractivity (Wildman–Crippen MR) is 84.4 cm³/mol. The zero-order chi connectivity index (χ0) is 17.9. The molecule has 2 rings (SSSR count). The van der Waals surface area contributed by atoms with Crippen molar-refractivity contribution in [3.63, 3.8) is 0 Å². The van der Waals surface area contributed by atoms with E-state index in [0.29, 0.717) is 5.69 Å². The Morgan fingerprint density at radius 1 is 1.54 bits per heavy atom. The smallest absolute Gasteiger partial charge is 0.337 e. The summed E-state index contributed by atoms with van der Waals surface area (Å²) < 4.78 is 4.66. The average molecular weight is 356 g/mol. The number of nitro groups is 1. The Morgan fingerprint density at radius 2 is 2.25 bits per heavy atom. The van der Waals surface area contributed by atoms with Crippen LogP contribution >= 0.6 is 11.6 Å². The number of rotatable bonds is 6. The van der Waals surface area contributed by atoms with Crippen molar-refractivity contribution < 1.29 is 24.4 Å². The summed E-state index contributed by atoms with van der Waals surface area (Å²) in [5.41, 5.74) is 0.121. The van der Waals surface area contributed by atoms with Gasteiger partial charge in [0.05, 0.1) is 30.8 Å². The molecule has 1 aromatic rings. The monoisotopic (exact) mass is 355 g/mol. The first-order valence-corrected chi connectivity index (χ1v) is 7.19. The van der Waals surface area contributed by atoms with Gasteiger partial charge in [-0.1, -0.05) is 11.6 Å². The van der Waals surface area contributed by atoms with E-state index in [2.05, 4.69) is 10.1 Å². The molecule has 0 bridgehead atoms. The molecule has 1 aromatic carbocycles. The summed E-state index contributed by atoms with van der Waals surface area (Å²) in [7, 11) is 1.19. The molecule has 0 radical (unpaired) electrons. The van der Waals surface area contributed by atoms with Crippen LogP contribution in [0.15, 0.2) is 29.5 Å². The molecule has 0 saturated carbocycles. The van der Waals surface area contributed by atoms with Crippen LogP contribution in [0.4, 0.5) is 11.4 Å². The molecule has 9 nitrogen and oxygen atoms in total. The predicted octanol–water partition coefficient (Wildman–Crippen LogP) is 0.922. The Balaban J connectivity index is 2.33. The van der Waals surface area contributed by atoms with Crippen molar-refractivity contribution >= 4 is 34.9 Å². The minimum Gasteiger partial charge on any atom is -0.466 e. The van der Waals surface area contributed by atoms with E-state index in [4.69, 9.17) is 16.7 Å². The second kappa shape index (κ2) is 7.28. The number of methoxy groups -OCH3 is 1. The van der Waals surface area contributed by atoms with E-state index < -0.39 is 16.8 Å². The number of amides is 1. The Labute approximate surface area is 141 Å². The van der Waals surface area contributed by atoms with E-state index in [0.717, 1.165) is 0 Å². The summed E-state index contributed by atoms with van der Waals surface area (Å²) in [6, 6.07) is 3.84. The number of nitrogens with zero attached hydrogens (tertiary/aromatic N) is 2. The molecule has 2 N–H and O–H groups in total. The maximum atomic E-state index is 12.3. The third-order valence-corrected chi connectivity index (χ3v) is 3.67. The minimum atomic E-state index is -0.681. The maximum absolute atomic E-state index is 12.3. The molecule has 0 unspecified atom stereocenters. The molecule has 0 fully saturated rings. The fourth-order valence-corrected chi connectivity index (χ4v) is 2.48. The van der Waals surface area contributed by atoms with E-state index in [1.807, 2.05) is 0 Å². The molecule has 128 valence electrons. The fourth-order valence-electron chi connectivity index (χ4n) is 2.23. The van der Waals surface area contributed by atoms with Gasteiger partial charge in [0, 0.05) is 18.3 Å². The highest BCUT2D eigenvalue weighted by Crippen LogP contribution is 2.29. The van der Waals surface area contributed by atoms with Crippen LogP contribution in [0.3, 0.4) is 0 Å². The summed E-state index contributed by atoms with van der Waals surface area (Å²) in [6.45, 7) is -0.197. The fraction of sp³-hybridized carbons (Fsp3) is 0.286. The number of carbonyl (C=O) groups excluding carboxylic acids is 2. The Morgan fingerprint density at radius 3 is 2.79 bits per heavy atom. The van der Waals surface area contributed by atoms with E-state index in [9.17, 15) is 19.7 Å². The number of anilines is 1. The number of aliphatic hydroxyl groups excluding tert-OH is 1. The lowest BCUT2D eigenvalue weighted by Crippen LogP contribution is -2.31. The standard InChI is InChI=1S/C14H14ClN3O6/c1-24-14(21)9-7-17(4-5-19)13(20)12(9)16-8-2-3-11(18(22)23)10(15)6-8/h2-3,6,16,19H,4-5,7H2,1H3. The highest BCUT2D eigenvalue weighted by Gasteiger charge is 2.34. The van der Waals surface area contributed by atoms with Crippen LogP contribution in [-0.4, -0.2) is 53.6 Å². The minimum absolute atomic E-state index is 0.00485. The van der Waals surface area contributed by atoms with Gasteiger partial charge < -0.3 is 20.1 Å². The number of benzene rings is 1. The van der Waals surface area contributed by atoms with Crippen LogP contribution in [-0.2, 0) is 14.3 Å². The molecule has 1 aliphatic heterocycles. The molecule has 1 amide bonds. The van der Waals surface area contributed by atoms with Gasteiger partial charge >= 0.3 is 5.97 Å². The van der Waals surface area contributed by atoms with Crippen molar-refractivity contribution in [1.29, 1.82) is 0 Å². The van der Waals surface area contributed by atoms with Gasteiger partial charge in [0.1, 0.15) is 10.7 Å². The summed E-state index contributed by atoms with van der Waals surface area (Å²) >= 11 is 5.83. The average Bonchev–Trinajstić information content (AvgIpc) is 2.84. The molecule has 0 aliphatic carbocycles. The largest absolute Gasteiger partial charge is 0.466 e. The van der Waals surface area contributed by atoms with E-state index in [-0.39, 0.29) is 41.7 Å². The van der Waals surface area contributed by atoms with E-state index >= 15 is 0 Å². The molecule has 0 atom stereocenters. The van der Waals surface area contributed by atoms with Gasteiger partial charge in [-0.05, 0) is 12.1 Å². The van der Waals surface area contributed by atoms with Crippen molar-refractivity contribution in [2.45, 2.75) is 0 Å². The number of aliphatic hydroxyl groups is 1. The summed E-state index contributed by atoms with van der Waals surface area (Å²) in [5, 5.41) is 22.4. The second-order valence-electron chi connectivity index (χ2n) is 4.84. The van der Waals surface area contributed by atoms with Crippen molar-refractivity contribution in [2.75, 3.05) is 32.1 Å². The van der Waals surface area contributed by atoms with Crippen LogP contribution in [0, 0.1) is 10.1 Å². The normalized spacial score (nSPS) is 14.1. The molecule has 10 heteroatoms. The lowest BCUT2D eigenvalue weighted by atomic mass is 10.2. The van der Waals surface area contributed by atoms with Gasteiger partial charge in [-0.3, -0.25) is 14.9 Å². The summed E-state index contributed by atoms with van der Waals surface area (Å²) in [5.74, 6) is -1.17. The Hall–Kier alpha value is -2.65. The number of nitro benzene ring substituents is 1. The zero-order valence-corrected chi connectivity index (χ0v) is 13.4. The molecular weight excluding hydrogens is 342 g/mol. The second-order valence-corrected chi connectivity index (χ2v) is 5.25. The molecule has 0 saturated heterocycles. The zero-order valence-electron chi connectivity index (χ0n) is 12.6. The number of hydrogen-bond acceptors (Lipinski definition) is 7. The number of hydrogen-bond donors (Lipinski definition) is 2. The lowest BCUT2D eigenvalue weighted by molar-refractivity contribution is -0.384. The highest BCUT2D eigenvalue weighted by molar-refractivity contribution is 6.33. The summed E-state index contributed by atoms with van der Waals surface area (Å²) in [4.78, 5) is 35.6. The molecular formula is C14H14ClN3O6. The highest BCUT2D eigenvalue weighted by atomic mass is 35.5. The van der Waals surface area contributed by atoms with Crippen molar-refractivity contribution in [1.82, 2.24) is 4.90 Å². The van der Waals surface area contributed by atoms with Gasteiger partial charge in [-0.15, -0.1) is 0 Å². The Kier molecular flexibility index (Phi) is 5.37. The van der Waals surface area contributed by atoms with Crippen molar-refractivity contribution in [3.05, 3.63) is 44.6 Å².